The van der Waals surface area contributed by atoms with Crippen LogP contribution in [0.4, 0.5) is 0 Å². The molecular formula is C15H15ClO2. The highest BCUT2D eigenvalue weighted by Crippen LogP contribution is 2.40. The van der Waals surface area contributed by atoms with Gasteiger partial charge in [-0.15, -0.1) is 0 Å². The number of carbonyl (C=O) groups is 1. The van der Waals surface area contributed by atoms with Gasteiger partial charge in [-0.1, -0.05) is 41.4 Å². The van der Waals surface area contributed by atoms with Crippen molar-refractivity contribution in [2.75, 3.05) is 0 Å². The normalized spacial score (nSPS) is 22.3. The van der Waals surface area contributed by atoms with E-state index in [9.17, 15) is 9.90 Å². The number of allylic oxidation sites excluding steroid dienone is 3. The third-order valence-corrected chi connectivity index (χ3v) is 3.83. The van der Waals surface area contributed by atoms with Crippen molar-refractivity contribution in [2.45, 2.75) is 25.7 Å². The second-order valence-corrected chi connectivity index (χ2v) is 5.01. The quantitative estimate of drug-likeness (QED) is 0.646. The van der Waals surface area contributed by atoms with Crippen LogP contribution in [0.2, 0.25) is 0 Å². The van der Waals surface area contributed by atoms with E-state index in [1.165, 1.54) is 11.1 Å². The zero-order valence-corrected chi connectivity index (χ0v) is 10.9. The minimum absolute atomic E-state index is 0.201. The van der Waals surface area contributed by atoms with E-state index in [2.05, 4.69) is 24.3 Å². The van der Waals surface area contributed by atoms with Crippen LogP contribution in [0.1, 0.15) is 29.9 Å². The van der Waals surface area contributed by atoms with Gasteiger partial charge in [0.15, 0.2) is 0 Å². The average Bonchev–Trinajstić information content (AvgIpc) is 2.40. The summed E-state index contributed by atoms with van der Waals surface area (Å²) in [5, 5.41) is 9.59. The SMILES string of the molecule is Cc1ccc(C2CC(C=O)=C(Cl)/C(=C/O)C2)cc1. The first kappa shape index (κ1) is 12.9. The Morgan fingerprint density at radius 3 is 2.50 bits per heavy atom. The summed E-state index contributed by atoms with van der Waals surface area (Å²) in [7, 11) is 0. The van der Waals surface area contributed by atoms with Gasteiger partial charge in [-0.05, 0) is 31.2 Å². The van der Waals surface area contributed by atoms with Gasteiger partial charge in [0.25, 0.3) is 0 Å². The van der Waals surface area contributed by atoms with Gasteiger partial charge in [0.1, 0.15) is 6.29 Å². The highest BCUT2D eigenvalue weighted by molar-refractivity contribution is 6.33. The van der Waals surface area contributed by atoms with E-state index in [0.29, 0.717) is 29.0 Å². The number of aliphatic hydroxyl groups excluding tert-OH is 1. The first-order chi connectivity index (χ1) is 8.65. The lowest BCUT2D eigenvalue weighted by Gasteiger charge is -2.24. The predicted molar refractivity (Wildman–Crippen MR) is 72.8 cm³/mol. The molecular weight excluding hydrogens is 248 g/mol. The van der Waals surface area contributed by atoms with E-state index < -0.39 is 0 Å². The van der Waals surface area contributed by atoms with Crippen LogP contribution in [0, 0.1) is 6.92 Å². The van der Waals surface area contributed by atoms with E-state index in [4.69, 9.17) is 11.6 Å². The fraction of sp³-hybridized carbons (Fsp3) is 0.267. The number of benzene rings is 1. The molecule has 0 amide bonds. The Labute approximate surface area is 112 Å². The fourth-order valence-electron chi connectivity index (χ4n) is 2.27. The molecule has 0 saturated carbocycles. The summed E-state index contributed by atoms with van der Waals surface area (Å²) >= 11 is 6.05. The molecule has 2 nitrogen and oxygen atoms in total. The Kier molecular flexibility index (Phi) is 3.87. The summed E-state index contributed by atoms with van der Waals surface area (Å²) in [5.41, 5.74) is 3.57. The first-order valence-electron chi connectivity index (χ1n) is 5.89. The van der Waals surface area contributed by atoms with E-state index in [1.807, 2.05) is 6.92 Å². The third-order valence-electron chi connectivity index (χ3n) is 3.34. The molecule has 2 rings (SSSR count). The van der Waals surface area contributed by atoms with E-state index in [0.717, 1.165) is 12.5 Å². The van der Waals surface area contributed by atoms with Gasteiger partial charge in [0.05, 0.1) is 11.3 Å². The van der Waals surface area contributed by atoms with E-state index in [1.54, 1.807) is 0 Å². The summed E-state index contributed by atoms with van der Waals surface area (Å²) < 4.78 is 0. The molecule has 1 unspecified atom stereocenters. The van der Waals surface area contributed by atoms with Gasteiger partial charge in [0, 0.05) is 11.1 Å². The molecule has 1 N–H and O–H groups in total. The molecule has 1 aliphatic carbocycles. The maximum Gasteiger partial charge on any atom is 0.147 e. The summed E-state index contributed by atoms with van der Waals surface area (Å²) in [5.74, 6) is 0.201. The molecule has 1 aromatic carbocycles. The maximum atomic E-state index is 11.0. The zero-order valence-electron chi connectivity index (χ0n) is 10.2. The number of aldehydes is 1. The average molecular weight is 263 g/mol. The standard InChI is InChI=1S/C15H15ClO2/c1-10-2-4-11(5-3-10)12-6-13(8-17)15(16)14(7-12)9-18/h2-5,8-9,12,17H,6-7H2,1H3/b13-8+. The van der Waals surface area contributed by atoms with Crippen molar-refractivity contribution in [3.63, 3.8) is 0 Å². The Morgan fingerprint density at radius 1 is 1.28 bits per heavy atom. The zero-order chi connectivity index (χ0) is 13.1. The van der Waals surface area contributed by atoms with Crippen LogP contribution in [-0.2, 0) is 4.79 Å². The lowest BCUT2D eigenvalue weighted by molar-refractivity contribution is -0.105. The number of carbonyl (C=O) groups excluding carboxylic acids is 1. The van der Waals surface area contributed by atoms with E-state index >= 15 is 0 Å². The molecule has 0 radical (unpaired) electrons. The molecule has 0 spiro atoms. The molecule has 1 aromatic rings. The smallest absolute Gasteiger partial charge is 0.147 e. The summed E-state index contributed by atoms with van der Waals surface area (Å²) in [6, 6.07) is 8.24. The molecule has 3 heteroatoms. The summed E-state index contributed by atoms with van der Waals surface area (Å²) in [4.78, 5) is 11.0. The lowest BCUT2D eigenvalue weighted by Crippen LogP contribution is -2.10. The fourth-order valence-corrected chi connectivity index (χ4v) is 2.52. The van der Waals surface area contributed by atoms with Crippen LogP contribution in [0.25, 0.3) is 0 Å². The van der Waals surface area contributed by atoms with Crippen molar-refractivity contribution in [1.82, 2.24) is 0 Å². The van der Waals surface area contributed by atoms with Gasteiger partial charge in [-0.25, -0.2) is 0 Å². The van der Waals surface area contributed by atoms with Gasteiger partial charge < -0.3 is 5.11 Å². The third kappa shape index (κ3) is 2.49. The minimum atomic E-state index is 0.201. The summed E-state index contributed by atoms with van der Waals surface area (Å²) in [6.45, 7) is 2.04. The van der Waals surface area contributed by atoms with Crippen molar-refractivity contribution >= 4 is 17.9 Å². The van der Waals surface area contributed by atoms with Crippen molar-refractivity contribution in [3.05, 3.63) is 57.8 Å². The van der Waals surface area contributed by atoms with Crippen LogP contribution < -0.4 is 0 Å². The Morgan fingerprint density at radius 2 is 1.94 bits per heavy atom. The molecule has 1 aliphatic rings. The van der Waals surface area contributed by atoms with Crippen molar-refractivity contribution < 1.29 is 9.90 Å². The number of rotatable bonds is 2. The molecule has 0 bridgehead atoms. The van der Waals surface area contributed by atoms with Crippen molar-refractivity contribution in [3.8, 4) is 0 Å². The van der Waals surface area contributed by atoms with Crippen LogP contribution in [-0.4, -0.2) is 11.4 Å². The van der Waals surface area contributed by atoms with Crippen molar-refractivity contribution in [1.29, 1.82) is 0 Å². The molecule has 0 aromatic heterocycles. The molecule has 94 valence electrons. The second-order valence-electron chi connectivity index (χ2n) is 4.63. The van der Waals surface area contributed by atoms with Gasteiger partial charge >= 0.3 is 0 Å². The molecule has 0 saturated heterocycles. The predicted octanol–water partition coefficient (Wildman–Crippen LogP) is 4.01. The largest absolute Gasteiger partial charge is 0.515 e. The Hall–Kier alpha value is -1.54. The molecule has 0 heterocycles. The van der Waals surface area contributed by atoms with Gasteiger partial charge in [-0.2, -0.15) is 0 Å². The minimum Gasteiger partial charge on any atom is -0.515 e. The van der Waals surface area contributed by atoms with Crippen LogP contribution in [0.5, 0.6) is 0 Å². The van der Waals surface area contributed by atoms with Crippen LogP contribution in [0.15, 0.2) is 46.7 Å². The summed E-state index contributed by atoms with van der Waals surface area (Å²) in [6.07, 6.45) is 3.08. The Bertz CT molecular complexity index is 512. The molecule has 1 atom stereocenters. The van der Waals surface area contributed by atoms with Crippen LogP contribution in [0.3, 0.4) is 0 Å². The number of aliphatic hydroxyl groups is 1. The number of hydrogen-bond acceptors (Lipinski definition) is 2. The Balaban J connectivity index is 2.33. The highest BCUT2D eigenvalue weighted by atomic mass is 35.5. The van der Waals surface area contributed by atoms with Gasteiger partial charge in [-0.3, -0.25) is 4.79 Å². The molecule has 18 heavy (non-hydrogen) atoms. The van der Waals surface area contributed by atoms with E-state index in [-0.39, 0.29) is 5.92 Å². The number of hydrogen-bond donors (Lipinski definition) is 1. The number of halogens is 1. The first-order valence-corrected chi connectivity index (χ1v) is 6.27. The molecule has 0 aliphatic heterocycles. The van der Waals surface area contributed by atoms with Crippen molar-refractivity contribution in [2.24, 2.45) is 0 Å². The van der Waals surface area contributed by atoms with Crippen LogP contribution >= 0.6 is 11.6 Å². The highest BCUT2D eigenvalue weighted by Gasteiger charge is 2.25. The maximum absolute atomic E-state index is 11.0. The lowest BCUT2D eigenvalue weighted by atomic mass is 9.82. The molecule has 0 fully saturated rings. The topological polar surface area (TPSA) is 37.3 Å². The number of aryl methyl sites for hydroxylation is 1. The second kappa shape index (κ2) is 5.40. The monoisotopic (exact) mass is 262 g/mol. The van der Waals surface area contributed by atoms with Gasteiger partial charge in [0.2, 0.25) is 0 Å².